The summed E-state index contributed by atoms with van der Waals surface area (Å²) in [6.07, 6.45) is 2.97. The van der Waals surface area contributed by atoms with E-state index in [-0.39, 0.29) is 12.0 Å². The minimum absolute atomic E-state index is 0.0958. The first kappa shape index (κ1) is 16.7. The number of aromatic nitrogens is 2. The minimum atomic E-state index is 0.0958. The van der Waals surface area contributed by atoms with Crippen LogP contribution in [0.3, 0.4) is 0 Å². The van der Waals surface area contributed by atoms with Crippen LogP contribution in [-0.4, -0.2) is 33.0 Å². The van der Waals surface area contributed by atoms with Crippen molar-refractivity contribution in [3.05, 3.63) is 53.1 Å². The number of carbonyl (C=O) groups is 1. The number of hydrogen-bond acceptors (Lipinski definition) is 3. The fraction of sp³-hybridized carbons (Fsp3) is 0.474. The van der Waals surface area contributed by atoms with Crippen LogP contribution >= 0.6 is 0 Å². The van der Waals surface area contributed by atoms with Crippen LogP contribution in [-0.2, 0) is 24.4 Å². The van der Waals surface area contributed by atoms with Gasteiger partial charge in [0, 0.05) is 18.7 Å². The van der Waals surface area contributed by atoms with Crippen LogP contribution in [0.15, 0.2) is 30.6 Å². The molecule has 0 spiro atoms. The average Bonchev–Trinajstić information content (AvgIpc) is 2.81. The summed E-state index contributed by atoms with van der Waals surface area (Å²) in [5.74, 6) is 0.0958. The molecule has 128 valence electrons. The van der Waals surface area contributed by atoms with Crippen molar-refractivity contribution in [2.24, 2.45) is 0 Å². The zero-order chi connectivity index (χ0) is 17.1. The van der Waals surface area contributed by atoms with E-state index in [0.717, 1.165) is 42.0 Å². The topological polar surface area (TPSA) is 47.4 Å². The molecule has 1 aliphatic heterocycles. The van der Waals surface area contributed by atoms with Crippen LogP contribution in [0.25, 0.3) is 0 Å². The highest BCUT2D eigenvalue weighted by Crippen LogP contribution is 2.20. The Morgan fingerprint density at radius 1 is 1.29 bits per heavy atom. The Bertz CT molecular complexity index is 721. The number of aryl methyl sites for hydroxylation is 2. The average molecular weight is 327 g/mol. The number of carbonyl (C=O) groups excluding carboxylic acids is 1. The summed E-state index contributed by atoms with van der Waals surface area (Å²) in [6, 6.07) is 7.77. The predicted octanol–water partition coefficient (Wildman–Crippen LogP) is 3.16. The van der Waals surface area contributed by atoms with Gasteiger partial charge in [-0.3, -0.25) is 4.79 Å². The maximum absolute atomic E-state index is 12.9. The Morgan fingerprint density at radius 2 is 2.08 bits per heavy atom. The number of ether oxygens (including phenoxy) is 1. The van der Waals surface area contributed by atoms with Crippen molar-refractivity contribution in [3.8, 4) is 0 Å². The first-order chi connectivity index (χ1) is 11.6. The molecule has 5 heteroatoms. The maximum Gasteiger partial charge on any atom is 0.254 e. The fourth-order valence-electron chi connectivity index (χ4n) is 3.04. The monoisotopic (exact) mass is 327 g/mol. The highest BCUT2D eigenvalue weighted by atomic mass is 16.5. The van der Waals surface area contributed by atoms with Gasteiger partial charge in [0.25, 0.3) is 5.91 Å². The molecule has 1 aromatic carbocycles. The number of imidazole rings is 1. The van der Waals surface area contributed by atoms with Crippen molar-refractivity contribution in [1.82, 2.24) is 14.5 Å². The molecule has 0 saturated heterocycles. The Labute approximate surface area is 143 Å². The van der Waals surface area contributed by atoms with E-state index in [1.165, 1.54) is 0 Å². The zero-order valence-electron chi connectivity index (χ0n) is 14.7. The predicted molar refractivity (Wildman–Crippen MR) is 92.7 cm³/mol. The highest BCUT2D eigenvalue weighted by molar-refractivity contribution is 5.95. The summed E-state index contributed by atoms with van der Waals surface area (Å²) in [4.78, 5) is 19.4. The van der Waals surface area contributed by atoms with Crippen molar-refractivity contribution in [3.63, 3.8) is 0 Å². The third-order valence-corrected chi connectivity index (χ3v) is 4.42. The second-order valence-corrected chi connectivity index (χ2v) is 6.59. The Kier molecular flexibility index (Phi) is 5.00. The number of fused-ring (bicyclic) bond motifs is 1. The van der Waals surface area contributed by atoms with Gasteiger partial charge in [0.15, 0.2) is 0 Å². The summed E-state index contributed by atoms with van der Waals surface area (Å²) in [7, 11) is 0. The van der Waals surface area contributed by atoms with Crippen LogP contribution in [0.2, 0.25) is 0 Å². The molecular formula is C19H25N3O2. The first-order valence-corrected chi connectivity index (χ1v) is 8.55. The molecule has 1 aliphatic rings. The van der Waals surface area contributed by atoms with E-state index in [2.05, 4.69) is 9.55 Å². The molecule has 0 unspecified atom stereocenters. The van der Waals surface area contributed by atoms with Gasteiger partial charge in [0.1, 0.15) is 0 Å². The van der Waals surface area contributed by atoms with Crippen LogP contribution in [0, 0.1) is 6.92 Å². The third kappa shape index (κ3) is 3.51. The molecule has 1 amide bonds. The molecule has 0 aliphatic carbocycles. The quantitative estimate of drug-likeness (QED) is 0.866. The number of amides is 1. The third-order valence-electron chi connectivity index (χ3n) is 4.42. The van der Waals surface area contributed by atoms with Gasteiger partial charge < -0.3 is 14.2 Å². The van der Waals surface area contributed by atoms with Crippen LogP contribution in [0.1, 0.15) is 47.6 Å². The molecular weight excluding hydrogens is 302 g/mol. The summed E-state index contributed by atoms with van der Waals surface area (Å²) in [5, 5.41) is 0. The standard InChI is InChI=1S/C19H25N3O2/c1-14(2)24-12-17-18-11-21(9-6-10-22(18)13-20-17)19(23)16-8-5-4-7-15(16)3/h4-5,7-8,13-14H,6,9-12H2,1-3H3. The summed E-state index contributed by atoms with van der Waals surface area (Å²) >= 11 is 0. The molecule has 2 aromatic rings. The van der Waals surface area contributed by atoms with Gasteiger partial charge >= 0.3 is 0 Å². The van der Waals surface area contributed by atoms with Gasteiger partial charge in [-0.05, 0) is 38.8 Å². The second kappa shape index (κ2) is 7.18. The molecule has 2 heterocycles. The van der Waals surface area contributed by atoms with Crippen LogP contribution in [0.5, 0.6) is 0 Å². The number of rotatable bonds is 4. The Hall–Kier alpha value is -2.14. The number of nitrogens with zero attached hydrogens (tertiary/aromatic N) is 3. The van der Waals surface area contributed by atoms with Crippen molar-refractivity contribution in [2.45, 2.75) is 53.0 Å². The van der Waals surface area contributed by atoms with Crippen molar-refractivity contribution < 1.29 is 9.53 Å². The highest BCUT2D eigenvalue weighted by Gasteiger charge is 2.24. The van der Waals surface area contributed by atoms with E-state index < -0.39 is 0 Å². The largest absolute Gasteiger partial charge is 0.372 e. The van der Waals surface area contributed by atoms with Crippen molar-refractivity contribution >= 4 is 5.91 Å². The Morgan fingerprint density at radius 3 is 2.83 bits per heavy atom. The Balaban J connectivity index is 1.82. The zero-order valence-corrected chi connectivity index (χ0v) is 14.7. The van der Waals surface area contributed by atoms with Crippen molar-refractivity contribution in [2.75, 3.05) is 6.54 Å². The van der Waals surface area contributed by atoms with Gasteiger partial charge in [-0.25, -0.2) is 4.98 Å². The molecule has 1 aromatic heterocycles. The van der Waals surface area contributed by atoms with E-state index in [1.54, 1.807) is 0 Å². The van der Waals surface area contributed by atoms with Crippen LogP contribution in [0.4, 0.5) is 0 Å². The van der Waals surface area contributed by atoms with Gasteiger partial charge in [-0.2, -0.15) is 0 Å². The second-order valence-electron chi connectivity index (χ2n) is 6.59. The van der Waals surface area contributed by atoms with Gasteiger partial charge in [-0.1, -0.05) is 18.2 Å². The van der Waals surface area contributed by atoms with Gasteiger partial charge in [0.2, 0.25) is 0 Å². The van der Waals surface area contributed by atoms with E-state index in [9.17, 15) is 4.79 Å². The molecule has 0 N–H and O–H groups in total. The van der Waals surface area contributed by atoms with Crippen molar-refractivity contribution in [1.29, 1.82) is 0 Å². The molecule has 0 saturated carbocycles. The van der Waals surface area contributed by atoms with E-state index in [0.29, 0.717) is 13.2 Å². The molecule has 0 radical (unpaired) electrons. The fourth-order valence-corrected chi connectivity index (χ4v) is 3.04. The lowest BCUT2D eigenvalue weighted by molar-refractivity contribution is 0.0620. The molecule has 3 rings (SSSR count). The summed E-state index contributed by atoms with van der Waals surface area (Å²) < 4.78 is 7.87. The molecule has 24 heavy (non-hydrogen) atoms. The van der Waals surface area contributed by atoms with E-state index in [4.69, 9.17) is 4.74 Å². The lowest BCUT2D eigenvalue weighted by Gasteiger charge is -2.21. The molecule has 0 bridgehead atoms. The molecule has 0 fully saturated rings. The first-order valence-electron chi connectivity index (χ1n) is 8.55. The number of hydrogen-bond donors (Lipinski definition) is 0. The summed E-state index contributed by atoms with van der Waals surface area (Å²) in [6.45, 7) is 8.75. The van der Waals surface area contributed by atoms with Gasteiger partial charge in [-0.15, -0.1) is 0 Å². The lowest BCUT2D eigenvalue weighted by atomic mass is 10.1. The van der Waals surface area contributed by atoms with Crippen LogP contribution < -0.4 is 0 Å². The normalized spacial score (nSPS) is 14.6. The van der Waals surface area contributed by atoms with Gasteiger partial charge in [0.05, 0.1) is 37.0 Å². The molecule has 5 nitrogen and oxygen atoms in total. The van der Waals surface area contributed by atoms with E-state index >= 15 is 0 Å². The maximum atomic E-state index is 12.9. The SMILES string of the molecule is Cc1ccccc1C(=O)N1CCCn2cnc(COC(C)C)c2C1. The number of benzene rings is 1. The van der Waals surface area contributed by atoms with E-state index in [1.807, 2.05) is 56.3 Å². The lowest BCUT2D eigenvalue weighted by Crippen LogP contribution is -2.31. The summed E-state index contributed by atoms with van der Waals surface area (Å²) in [5.41, 5.74) is 3.83. The minimum Gasteiger partial charge on any atom is -0.372 e. The molecule has 0 atom stereocenters. The smallest absolute Gasteiger partial charge is 0.254 e.